The van der Waals surface area contributed by atoms with Crippen LogP contribution in [0.25, 0.3) is 0 Å². The van der Waals surface area contributed by atoms with Crippen molar-refractivity contribution in [2.75, 3.05) is 13.6 Å². The topological polar surface area (TPSA) is 87.3 Å². The molecule has 0 aromatic rings. The third-order valence-corrected chi connectivity index (χ3v) is 2.50. The van der Waals surface area contributed by atoms with Gasteiger partial charge in [-0.15, -0.1) is 0 Å². The molecule has 0 aromatic carbocycles. The van der Waals surface area contributed by atoms with Crippen molar-refractivity contribution in [2.24, 2.45) is 5.92 Å². The molecule has 0 aliphatic heterocycles. The molecule has 0 saturated carbocycles. The fourth-order valence-corrected chi connectivity index (χ4v) is 1.10. The highest BCUT2D eigenvalue weighted by Crippen LogP contribution is 1.98. The molecular weight excluding hydrogens is 222 g/mol. The van der Waals surface area contributed by atoms with E-state index in [0.29, 0.717) is 0 Å². The Morgan fingerprint density at radius 2 is 1.71 bits per heavy atom. The second-order valence-corrected chi connectivity index (χ2v) is 3.93. The maximum absolute atomic E-state index is 11.4. The van der Waals surface area contributed by atoms with Crippen LogP contribution >= 0.6 is 0 Å². The van der Waals surface area contributed by atoms with Gasteiger partial charge in [-0.1, -0.05) is 13.8 Å². The Bertz CT molecular complexity index is 292. The van der Waals surface area contributed by atoms with Gasteiger partial charge in [0.15, 0.2) is 0 Å². The third kappa shape index (κ3) is 5.89. The Morgan fingerprint density at radius 3 is 2.18 bits per heavy atom. The first kappa shape index (κ1) is 15.4. The molecular formula is C11H21N3O3. The van der Waals surface area contributed by atoms with Gasteiger partial charge in [0.25, 0.3) is 0 Å². The Labute approximate surface area is 102 Å². The summed E-state index contributed by atoms with van der Waals surface area (Å²) < 4.78 is 0. The average Bonchev–Trinajstić information content (AvgIpc) is 2.33. The van der Waals surface area contributed by atoms with Crippen LogP contribution in [-0.2, 0) is 14.4 Å². The second-order valence-electron chi connectivity index (χ2n) is 3.93. The fourth-order valence-electron chi connectivity index (χ4n) is 1.10. The van der Waals surface area contributed by atoms with E-state index in [-0.39, 0.29) is 30.2 Å². The molecule has 0 fully saturated rings. The normalized spacial score (nSPS) is 13.4. The smallest absolute Gasteiger partial charge is 0.242 e. The summed E-state index contributed by atoms with van der Waals surface area (Å²) in [6, 6.07) is -0.604. The maximum Gasteiger partial charge on any atom is 0.242 e. The van der Waals surface area contributed by atoms with Crippen LogP contribution in [0.1, 0.15) is 27.2 Å². The number of amides is 3. The zero-order valence-electron chi connectivity index (χ0n) is 10.8. The van der Waals surface area contributed by atoms with Gasteiger partial charge in [0, 0.05) is 13.0 Å². The molecule has 98 valence electrons. The highest BCUT2D eigenvalue weighted by Gasteiger charge is 2.15. The summed E-state index contributed by atoms with van der Waals surface area (Å²) in [5.74, 6) is -0.918. The molecule has 0 radical (unpaired) electrons. The van der Waals surface area contributed by atoms with E-state index in [1.54, 1.807) is 13.8 Å². The summed E-state index contributed by atoms with van der Waals surface area (Å²) in [4.78, 5) is 33.9. The third-order valence-electron chi connectivity index (χ3n) is 2.50. The largest absolute Gasteiger partial charge is 0.357 e. The molecule has 0 spiro atoms. The molecule has 0 unspecified atom stereocenters. The van der Waals surface area contributed by atoms with Gasteiger partial charge in [-0.05, 0) is 13.3 Å². The van der Waals surface area contributed by atoms with E-state index < -0.39 is 6.04 Å². The Hall–Kier alpha value is -1.59. The van der Waals surface area contributed by atoms with Crippen molar-refractivity contribution >= 4 is 17.7 Å². The summed E-state index contributed by atoms with van der Waals surface area (Å²) in [5, 5.41) is 7.41. The standard InChI is InChI=1S/C11H21N3O3/c1-5-7(2)10(16)13-6-9(15)14-8(3)11(17)12-4/h7-8H,5-6H2,1-4H3,(H,12,17)(H,13,16)(H,14,15)/t7-,8-/m0/s1. The summed E-state index contributed by atoms with van der Waals surface area (Å²) in [7, 11) is 1.50. The van der Waals surface area contributed by atoms with Crippen molar-refractivity contribution in [1.29, 1.82) is 0 Å². The molecule has 0 saturated heterocycles. The number of nitrogens with one attached hydrogen (secondary N) is 3. The fraction of sp³-hybridized carbons (Fsp3) is 0.727. The SMILES string of the molecule is CC[C@H](C)C(=O)NCC(=O)N[C@@H](C)C(=O)NC. The molecule has 2 atom stereocenters. The van der Waals surface area contributed by atoms with E-state index >= 15 is 0 Å². The molecule has 0 rings (SSSR count). The number of hydrogen-bond donors (Lipinski definition) is 3. The molecule has 6 heteroatoms. The number of carbonyl (C=O) groups excluding carboxylic acids is 3. The minimum absolute atomic E-state index is 0.107. The average molecular weight is 243 g/mol. The minimum atomic E-state index is -0.604. The van der Waals surface area contributed by atoms with Crippen LogP contribution in [0.2, 0.25) is 0 Å². The monoisotopic (exact) mass is 243 g/mol. The zero-order valence-corrected chi connectivity index (χ0v) is 10.8. The van der Waals surface area contributed by atoms with E-state index in [2.05, 4.69) is 16.0 Å². The van der Waals surface area contributed by atoms with E-state index in [9.17, 15) is 14.4 Å². The predicted molar refractivity (Wildman–Crippen MR) is 64.1 cm³/mol. The Morgan fingerprint density at radius 1 is 1.12 bits per heavy atom. The van der Waals surface area contributed by atoms with Crippen molar-refractivity contribution in [3.8, 4) is 0 Å². The Kier molecular flexibility index (Phi) is 6.93. The van der Waals surface area contributed by atoms with Crippen LogP contribution in [0.15, 0.2) is 0 Å². The molecule has 3 N–H and O–H groups in total. The second kappa shape index (κ2) is 7.65. The van der Waals surface area contributed by atoms with Crippen LogP contribution in [0.5, 0.6) is 0 Å². The van der Waals surface area contributed by atoms with Crippen molar-refractivity contribution in [3.63, 3.8) is 0 Å². The highest BCUT2D eigenvalue weighted by atomic mass is 16.2. The molecule has 0 heterocycles. The van der Waals surface area contributed by atoms with Gasteiger partial charge in [0.05, 0.1) is 6.54 Å². The van der Waals surface area contributed by atoms with Crippen LogP contribution in [0.4, 0.5) is 0 Å². The van der Waals surface area contributed by atoms with E-state index in [0.717, 1.165) is 6.42 Å². The van der Waals surface area contributed by atoms with Crippen LogP contribution in [0, 0.1) is 5.92 Å². The maximum atomic E-state index is 11.4. The number of rotatable bonds is 6. The first-order valence-corrected chi connectivity index (χ1v) is 5.71. The van der Waals surface area contributed by atoms with Crippen molar-refractivity contribution in [3.05, 3.63) is 0 Å². The van der Waals surface area contributed by atoms with Gasteiger partial charge in [-0.25, -0.2) is 0 Å². The molecule has 0 aromatic heterocycles. The van der Waals surface area contributed by atoms with Crippen LogP contribution < -0.4 is 16.0 Å². The predicted octanol–water partition coefficient (Wildman–Crippen LogP) is -0.601. The lowest BCUT2D eigenvalue weighted by molar-refractivity contribution is -0.130. The van der Waals surface area contributed by atoms with E-state index in [1.807, 2.05) is 6.92 Å². The lowest BCUT2D eigenvalue weighted by Gasteiger charge is -2.13. The van der Waals surface area contributed by atoms with Crippen LogP contribution in [0.3, 0.4) is 0 Å². The number of hydrogen-bond acceptors (Lipinski definition) is 3. The number of likely N-dealkylation sites (N-methyl/N-ethyl adjacent to an activating group) is 1. The highest BCUT2D eigenvalue weighted by molar-refractivity contribution is 5.90. The first-order valence-electron chi connectivity index (χ1n) is 5.71. The molecule has 0 aliphatic rings. The molecule has 0 bridgehead atoms. The molecule has 0 aliphatic carbocycles. The van der Waals surface area contributed by atoms with E-state index in [4.69, 9.17) is 0 Å². The molecule has 6 nitrogen and oxygen atoms in total. The molecule has 17 heavy (non-hydrogen) atoms. The first-order chi connectivity index (χ1) is 7.92. The quantitative estimate of drug-likeness (QED) is 0.582. The number of carbonyl (C=O) groups is 3. The van der Waals surface area contributed by atoms with Gasteiger partial charge in [0.2, 0.25) is 17.7 Å². The van der Waals surface area contributed by atoms with Gasteiger partial charge < -0.3 is 16.0 Å². The lowest BCUT2D eigenvalue weighted by atomic mass is 10.1. The van der Waals surface area contributed by atoms with Crippen molar-refractivity contribution in [2.45, 2.75) is 33.2 Å². The van der Waals surface area contributed by atoms with Crippen LogP contribution in [-0.4, -0.2) is 37.4 Å². The minimum Gasteiger partial charge on any atom is -0.357 e. The summed E-state index contributed by atoms with van der Waals surface area (Å²) in [5.41, 5.74) is 0. The van der Waals surface area contributed by atoms with Gasteiger partial charge in [-0.2, -0.15) is 0 Å². The summed E-state index contributed by atoms with van der Waals surface area (Å²) in [6.07, 6.45) is 0.724. The molecule has 3 amide bonds. The van der Waals surface area contributed by atoms with Gasteiger partial charge in [-0.3, -0.25) is 14.4 Å². The van der Waals surface area contributed by atoms with Crippen molar-refractivity contribution in [1.82, 2.24) is 16.0 Å². The van der Waals surface area contributed by atoms with Gasteiger partial charge >= 0.3 is 0 Å². The lowest BCUT2D eigenvalue weighted by Crippen LogP contribution is -2.47. The zero-order chi connectivity index (χ0) is 13.4. The van der Waals surface area contributed by atoms with E-state index in [1.165, 1.54) is 7.05 Å². The van der Waals surface area contributed by atoms with Crippen molar-refractivity contribution < 1.29 is 14.4 Å². The van der Waals surface area contributed by atoms with Gasteiger partial charge in [0.1, 0.15) is 6.04 Å². The summed E-state index contributed by atoms with van der Waals surface area (Å²) >= 11 is 0. The summed E-state index contributed by atoms with van der Waals surface area (Å²) in [6.45, 7) is 5.16. The Balaban J connectivity index is 3.96.